The molecule has 4 aromatic heterocycles. The van der Waals surface area contributed by atoms with Gasteiger partial charge in [-0.15, -0.1) is 9.97 Å². The Labute approximate surface area is 217 Å². The van der Waals surface area contributed by atoms with E-state index in [1.54, 1.807) is 49.1 Å². The Bertz CT molecular complexity index is 1290. The lowest BCUT2D eigenvalue weighted by molar-refractivity contribution is 0.451. The van der Waals surface area contributed by atoms with E-state index in [0.29, 0.717) is 29.8 Å². The lowest BCUT2D eigenvalue weighted by Gasteiger charge is -1.99. The largest absolute Gasteiger partial charge is 0.569 e. The normalized spacial score (nSPS) is 9.12. The lowest BCUT2D eigenvalue weighted by atomic mass is 10.1. The number of pyridine rings is 2. The average molecular weight is 601 g/mol. The maximum absolute atomic E-state index is 8.17. The molecule has 1 N–H and O–H groups in total. The minimum Gasteiger partial charge on any atom is -0.535 e. The van der Waals surface area contributed by atoms with Crippen molar-refractivity contribution in [2.24, 2.45) is 0 Å². The fourth-order valence-corrected chi connectivity index (χ4v) is 2.62. The van der Waals surface area contributed by atoms with Crippen molar-refractivity contribution in [3.8, 4) is 16.9 Å². The molecule has 4 aromatic rings. The van der Waals surface area contributed by atoms with Crippen molar-refractivity contribution in [1.82, 2.24) is 29.9 Å². The second-order valence-corrected chi connectivity index (χ2v) is 7.57. The highest BCUT2D eigenvalue weighted by Gasteiger charge is 2.01. The second kappa shape index (κ2) is 14.6. The molecule has 0 amide bonds. The Balaban J connectivity index is 0.000000189. The fourth-order valence-electron chi connectivity index (χ4n) is 2.00. The SMILES string of the molecule is O[B]Oc1cnc(Br)nc1.[C-]#[N+]c1cc(-c2cnc(Cl)nc2)ccn1.[C-]#[N+]c1cc(Br)ccn1. The van der Waals surface area contributed by atoms with Crippen molar-refractivity contribution in [3.05, 3.63) is 98.8 Å². The van der Waals surface area contributed by atoms with Crippen molar-refractivity contribution in [1.29, 1.82) is 0 Å². The minimum atomic E-state index is 0.207. The lowest BCUT2D eigenvalue weighted by Crippen LogP contribution is -2.00. The molecule has 0 saturated carbocycles. The predicted octanol–water partition coefficient (Wildman–Crippen LogP) is 5.28. The minimum absolute atomic E-state index is 0.207. The van der Waals surface area contributed by atoms with Crippen molar-refractivity contribution in [3.63, 3.8) is 0 Å². The molecule has 0 aliphatic heterocycles. The van der Waals surface area contributed by atoms with Gasteiger partial charge in [-0.3, -0.25) is 0 Å². The number of rotatable bonds is 3. The van der Waals surface area contributed by atoms with Crippen molar-refractivity contribution >= 4 is 62.8 Å². The first-order valence-electron chi connectivity index (χ1n) is 8.85. The summed E-state index contributed by atoms with van der Waals surface area (Å²) >= 11 is 11.8. The van der Waals surface area contributed by atoms with Gasteiger partial charge in [-0.05, 0) is 57.4 Å². The average Bonchev–Trinajstić information content (AvgIpc) is 2.87. The quantitative estimate of drug-likeness (QED) is 0.192. The van der Waals surface area contributed by atoms with E-state index in [1.807, 2.05) is 0 Å². The number of aromatic nitrogens is 6. The van der Waals surface area contributed by atoms with Crippen LogP contribution in [0.4, 0.5) is 11.6 Å². The molecule has 0 unspecified atom stereocenters. The molecule has 167 valence electrons. The first-order valence-corrected chi connectivity index (χ1v) is 10.8. The van der Waals surface area contributed by atoms with E-state index in [1.165, 1.54) is 12.4 Å². The summed E-state index contributed by atoms with van der Waals surface area (Å²) in [5.41, 5.74) is 1.67. The van der Waals surface area contributed by atoms with Crippen molar-refractivity contribution in [2.45, 2.75) is 0 Å². The van der Waals surface area contributed by atoms with Gasteiger partial charge in [0, 0.05) is 22.4 Å². The molecule has 0 aliphatic rings. The van der Waals surface area contributed by atoms with E-state index < -0.39 is 0 Å². The number of halogens is 3. The zero-order valence-electron chi connectivity index (χ0n) is 16.9. The zero-order valence-corrected chi connectivity index (χ0v) is 20.8. The van der Waals surface area contributed by atoms with E-state index in [0.717, 1.165) is 15.6 Å². The third-order valence-electron chi connectivity index (χ3n) is 3.42. The van der Waals surface area contributed by atoms with Crippen LogP contribution in [0.2, 0.25) is 5.28 Å². The second-order valence-electron chi connectivity index (χ2n) is 5.61. The van der Waals surface area contributed by atoms with E-state index in [4.69, 9.17) is 29.8 Å². The van der Waals surface area contributed by atoms with Crippen LogP contribution in [0.1, 0.15) is 0 Å². The highest BCUT2D eigenvalue weighted by molar-refractivity contribution is 9.10. The van der Waals surface area contributed by atoms with Crippen molar-refractivity contribution in [2.75, 3.05) is 0 Å². The maximum Gasteiger partial charge on any atom is 0.569 e. The monoisotopic (exact) mass is 599 g/mol. The van der Waals surface area contributed by atoms with E-state index in [2.05, 4.69) is 76.1 Å². The number of nitrogens with zero attached hydrogens (tertiary/aromatic N) is 8. The fraction of sp³-hybridized carbons (Fsp3) is 0. The molecule has 0 aromatic carbocycles. The van der Waals surface area contributed by atoms with Gasteiger partial charge in [0.1, 0.15) is 18.1 Å². The van der Waals surface area contributed by atoms with Crippen LogP contribution in [-0.4, -0.2) is 42.6 Å². The molecule has 0 aliphatic carbocycles. The van der Waals surface area contributed by atoms with Gasteiger partial charge in [0.2, 0.25) is 5.28 Å². The highest BCUT2D eigenvalue weighted by atomic mass is 79.9. The first kappa shape index (κ1) is 26.8. The molecule has 34 heavy (non-hydrogen) atoms. The van der Waals surface area contributed by atoms with Crippen LogP contribution in [-0.2, 0) is 0 Å². The Morgan fingerprint density at radius 3 is 1.94 bits per heavy atom. The summed E-state index contributed by atoms with van der Waals surface area (Å²) in [5.74, 6) is 1.16. The Hall–Kier alpha value is -3.49. The van der Waals surface area contributed by atoms with E-state index in [-0.39, 0.29) is 5.28 Å². The molecule has 0 saturated heterocycles. The van der Waals surface area contributed by atoms with Gasteiger partial charge in [0.05, 0.1) is 12.4 Å². The topological polar surface area (TPSA) is 116 Å². The van der Waals surface area contributed by atoms with Crippen LogP contribution in [0.15, 0.2) is 70.7 Å². The van der Waals surface area contributed by atoms with E-state index in [9.17, 15) is 0 Å². The number of hydrogen-bond acceptors (Lipinski definition) is 8. The molecule has 4 heterocycles. The van der Waals surface area contributed by atoms with Crippen LogP contribution in [0, 0.1) is 13.1 Å². The van der Waals surface area contributed by atoms with Crippen LogP contribution < -0.4 is 4.65 Å². The molecule has 0 fully saturated rings. The molecule has 10 nitrogen and oxygen atoms in total. The van der Waals surface area contributed by atoms with Crippen LogP contribution in [0.25, 0.3) is 20.8 Å². The molecule has 1 radical (unpaired) electrons. The van der Waals surface area contributed by atoms with Crippen LogP contribution in [0.3, 0.4) is 0 Å². The third-order valence-corrected chi connectivity index (χ3v) is 4.52. The maximum atomic E-state index is 8.17. The summed E-state index contributed by atoms with van der Waals surface area (Å²) in [6.45, 7) is 13.4. The Morgan fingerprint density at radius 2 is 1.41 bits per heavy atom. The van der Waals surface area contributed by atoms with Gasteiger partial charge >= 0.3 is 7.69 Å². The molecule has 0 atom stereocenters. The summed E-state index contributed by atoms with van der Waals surface area (Å²) in [5, 5.41) is 8.38. The molecule has 14 heteroatoms. The predicted molar refractivity (Wildman–Crippen MR) is 133 cm³/mol. The number of hydrogen-bond donors (Lipinski definition) is 1. The Kier molecular flexibility index (Phi) is 11.5. The van der Waals surface area contributed by atoms with E-state index >= 15 is 0 Å². The van der Waals surface area contributed by atoms with Gasteiger partial charge in [0.25, 0.3) is 11.6 Å². The molecule has 0 spiro atoms. The highest BCUT2D eigenvalue weighted by Crippen LogP contribution is 2.21. The van der Waals surface area contributed by atoms with Crippen LogP contribution >= 0.6 is 43.5 Å². The summed E-state index contributed by atoms with van der Waals surface area (Å²) in [6, 6.07) is 6.93. The smallest absolute Gasteiger partial charge is 0.535 e. The zero-order chi connectivity index (χ0) is 24.8. The molecule has 4 rings (SSSR count). The van der Waals surface area contributed by atoms with Gasteiger partial charge in [-0.1, -0.05) is 29.1 Å². The van der Waals surface area contributed by atoms with Crippen LogP contribution in [0.5, 0.6) is 5.75 Å². The molecule has 0 bridgehead atoms. The summed E-state index contributed by atoms with van der Waals surface area (Å²) in [7, 11) is 0.576. The van der Waals surface area contributed by atoms with Gasteiger partial charge < -0.3 is 19.4 Å². The first-order chi connectivity index (χ1) is 16.4. The van der Waals surface area contributed by atoms with Gasteiger partial charge in [0.15, 0.2) is 4.73 Å². The third kappa shape index (κ3) is 9.56. The van der Waals surface area contributed by atoms with Gasteiger partial charge in [-0.25, -0.2) is 19.9 Å². The summed E-state index contributed by atoms with van der Waals surface area (Å²) < 4.78 is 5.92. The van der Waals surface area contributed by atoms with Gasteiger partial charge in [-0.2, -0.15) is 0 Å². The van der Waals surface area contributed by atoms with Crippen molar-refractivity contribution < 1.29 is 9.68 Å². The Morgan fingerprint density at radius 1 is 0.824 bits per heavy atom. The standard InChI is InChI=1S/C10H5ClN4.C6H3BrN2.C4H3BBrN2O2/c1-12-9-4-7(2-3-13-9)8-5-14-10(11)15-6-8;1-8-6-4-5(7)2-3-9-6;6-4-7-1-3(2-8-4)10-5-9/h2-6H;2-4H;1-2,9H. The molecular weight excluding hydrogens is 590 g/mol. The molecular formula is C20H11BBr2ClN8O2. The summed E-state index contributed by atoms with van der Waals surface area (Å²) in [4.78, 5) is 29.3. The summed E-state index contributed by atoms with van der Waals surface area (Å²) in [6.07, 6.45) is 9.26.